The summed E-state index contributed by atoms with van der Waals surface area (Å²) < 4.78 is 0.882. The summed E-state index contributed by atoms with van der Waals surface area (Å²) in [6.07, 6.45) is 0. The Kier molecular flexibility index (Phi) is 4.55. The first-order chi connectivity index (χ1) is 8.11. The number of hydrogen-bond acceptors (Lipinski definition) is 3. The Morgan fingerprint density at radius 1 is 1.35 bits per heavy atom. The first-order valence-corrected chi connectivity index (χ1v) is 7.38. The molecule has 6 heteroatoms. The maximum absolute atomic E-state index is 6.03. The van der Waals surface area contributed by atoms with Crippen molar-refractivity contribution >= 4 is 57.2 Å². The second-order valence-electron chi connectivity index (χ2n) is 3.69. The molecule has 0 amide bonds. The molecule has 2 nitrogen and oxygen atoms in total. The van der Waals surface area contributed by atoms with Crippen LogP contribution in [0.1, 0.15) is 6.92 Å². The topological polar surface area (TPSA) is 6.48 Å². The smallest absolute Gasteiger partial charge is 0.143 e. The third-order valence-corrected chi connectivity index (χ3v) is 4.87. The molecule has 0 saturated carbocycles. The second-order valence-corrected chi connectivity index (χ2v) is 6.09. The summed E-state index contributed by atoms with van der Waals surface area (Å²) in [5.74, 6) is 0.952. The van der Waals surface area contributed by atoms with Crippen molar-refractivity contribution in [3.8, 4) is 0 Å². The van der Waals surface area contributed by atoms with Crippen LogP contribution in [0, 0.1) is 0 Å². The van der Waals surface area contributed by atoms with E-state index in [9.17, 15) is 0 Å². The molecule has 17 heavy (non-hydrogen) atoms. The van der Waals surface area contributed by atoms with Crippen LogP contribution in [0.5, 0.6) is 0 Å². The van der Waals surface area contributed by atoms with Gasteiger partial charge in [-0.25, -0.2) is 0 Å². The summed E-state index contributed by atoms with van der Waals surface area (Å²) in [5.41, 5.74) is 0.995. The Morgan fingerprint density at radius 3 is 2.76 bits per heavy atom. The van der Waals surface area contributed by atoms with Gasteiger partial charge in [0.05, 0.1) is 22.6 Å². The molecule has 2 rings (SSSR count). The van der Waals surface area contributed by atoms with Crippen LogP contribution in [-0.4, -0.2) is 28.3 Å². The highest BCUT2D eigenvalue weighted by atomic mass is 35.5. The fourth-order valence-corrected chi connectivity index (χ4v) is 3.04. The Bertz CT molecular complexity index is 439. The summed E-state index contributed by atoms with van der Waals surface area (Å²) in [4.78, 5) is 4.39. The minimum absolute atomic E-state index is 0.561. The first kappa shape index (κ1) is 13.4. The third kappa shape index (κ3) is 3.06. The van der Waals surface area contributed by atoms with Crippen LogP contribution in [0.3, 0.4) is 0 Å². The molecule has 1 aliphatic rings. The minimum Gasteiger partial charge on any atom is -0.314 e. The molecule has 1 aromatic rings. The van der Waals surface area contributed by atoms with Gasteiger partial charge < -0.3 is 4.90 Å². The van der Waals surface area contributed by atoms with Gasteiger partial charge in [-0.2, -0.15) is 0 Å². The van der Waals surface area contributed by atoms with Crippen LogP contribution < -0.4 is 4.90 Å². The summed E-state index contributed by atoms with van der Waals surface area (Å²) in [7, 11) is 0. The van der Waals surface area contributed by atoms with Gasteiger partial charge in [-0.3, -0.25) is 4.90 Å². The van der Waals surface area contributed by atoms with Gasteiger partial charge in [0.1, 0.15) is 4.32 Å². The average molecular weight is 307 g/mol. The number of thiocarbonyl (C=S) groups is 1. The number of benzene rings is 1. The maximum atomic E-state index is 6.03. The molecule has 0 aliphatic carbocycles. The van der Waals surface area contributed by atoms with Gasteiger partial charge in [-0.05, 0) is 24.7 Å². The lowest BCUT2D eigenvalue weighted by Crippen LogP contribution is -2.44. The Balaban J connectivity index is 2.24. The molecule has 0 bridgehead atoms. The monoisotopic (exact) mass is 306 g/mol. The molecule has 0 N–H and O–H groups in total. The highest BCUT2D eigenvalue weighted by Gasteiger charge is 2.22. The van der Waals surface area contributed by atoms with E-state index in [1.165, 1.54) is 0 Å². The van der Waals surface area contributed by atoms with Crippen molar-refractivity contribution in [3.63, 3.8) is 0 Å². The molecule has 0 radical (unpaired) electrons. The number of nitrogens with zero attached hydrogens (tertiary/aromatic N) is 2. The average Bonchev–Trinajstić information content (AvgIpc) is 2.33. The third-order valence-electron chi connectivity index (χ3n) is 2.59. The fourth-order valence-electron chi connectivity index (χ4n) is 1.55. The van der Waals surface area contributed by atoms with Crippen molar-refractivity contribution in [3.05, 3.63) is 28.2 Å². The van der Waals surface area contributed by atoms with E-state index in [0.29, 0.717) is 10.0 Å². The quantitative estimate of drug-likeness (QED) is 0.760. The van der Waals surface area contributed by atoms with E-state index >= 15 is 0 Å². The summed E-state index contributed by atoms with van der Waals surface area (Å²) in [6.45, 7) is 3.95. The molecular formula is C11H12Cl2N2S2. The Hall–Kier alpha value is -0.0000000000000000555. The lowest BCUT2D eigenvalue weighted by molar-refractivity contribution is 0.347. The van der Waals surface area contributed by atoms with E-state index < -0.39 is 0 Å². The van der Waals surface area contributed by atoms with Crippen molar-refractivity contribution in [1.29, 1.82) is 0 Å². The van der Waals surface area contributed by atoms with E-state index in [1.54, 1.807) is 17.8 Å². The molecular weight excluding hydrogens is 295 g/mol. The molecule has 1 saturated heterocycles. The molecule has 0 unspecified atom stereocenters. The lowest BCUT2D eigenvalue weighted by atomic mass is 10.3. The predicted molar refractivity (Wildman–Crippen MR) is 81.2 cm³/mol. The summed E-state index contributed by atoms with van der Waals surface area (Å²) in [5, 5.41) is 1.13. The highest BCUT2D eigenvalue weighted by molar-refractivity contribution is 8.23. The van der Waals surface area contributed by atoms with Crippen molar-refractivity contribution in [2.75, 3.05) is 24.0 Å². The zero-order valence-electron chi connectivity index (χ0n) is 9.32. The molecule has 1 aliphatic heterocycles. The van der Waals surface area contributed by atoms with Gasteiger partial charge in [-0.1, -0.05) is 54.1 Å². The minimum atomic E-state index is 0.561. The largest absolute Gasteiger partial charge is 0.314 e. The van der Waals surface area contributed by atoms with Gasteiger partial charge in [0, 0.05) is 5.69 Å². The van der Waals surface area contributed by atoms with Gasteiger partial charge in [0.25, 0.3) is 0 Å². The molecule has 0 atom stereocenters. The Labute approximate surface area is 121 Å². The number of hydrogen-bond donors (Lipinski definition) is 0. The van der Waals surface area contributed by atoms with Crippen molar-refractivity contribution in [1.82, 2.24) is 4.90 Å². The van der Waals surface area contributed by atoms with Crippen LogP contribution in [-0.2, 0) is 0 Å². The normalized spacial score (nSPS) is 17.6. The number of anilines is 1. The lowest BCUT2D eigenvalue weighted by Gasteiger charge is -2.36. The van der Waals surface area contributed by atoms with Crippen LogP contribution >= 0.6 is 47.2 Å². The van der Waals surface area contributed by atoms with Gasteiger partial charge >= 0.3 is 0 Å². The van der Waals surface area contributed by atoms with E-state index in [0.717, 1.165) is 29.1 Å². The fraction of sp³-hybridized carbons (Fsp3) is 0.364. The SMILES string of the molecule is CCN1CSC(=S)N(c2ccc(Cl)c(Cl)c2)C1. The van der Waals surface area contributed by atoms with Gasteiger partial charge in [0.2, 0.25) is 0 Å². The summed E-state index contributed by atoms with van der Waals surface area (Å²) >= 11 is 19.0. The number of halogens is 2. The zero-order valence-corrected chi connectivity index (χ0v) is 12.5. The standard InChI is InChI=1S/C11H12Cl2N2S2/c1-2-14-6-15(11(16)17-7-14)8-3-4-9(12)10(13)5-8/h3-5H,2,6-7H2,1H3. The molecule has 1 heterocycles. The molecule has 0 aromatic heterocycles. The summed E-state index contributed by atoms with van der Waals surface area (Å²) in [6, 6.07) is 5.60. The highest BCUT2D eigenvalue weighted by Crippen LogP contribution is 2.30. The number of thioether (sulfide) groups is 1. The van der Waals surface area contributed by atoms with Crippen LogP contribution in [0.15, 0.2) is 18.2 Å². The molecule has 1 aromatic carbocycles. The Morgan fingerprint density at radius 2 is 2.12 bits per heavy atom. The van der Waals surface area contributed by atoms with Crippen LogP contribution in [0.4, 0.5) is 5.69 Å². The van der Waals surface area contributed by atoms with Crippen molar-refractivity contribution in [2.45, 2.75) is 6.92 Å². The van der Waals surface area contributed by atoms with E-state index in [2.05, 4.69) is 16.7 Å². The zero-order chi connectivity index (χ0) is 12.4. The van der Waals surface area contributed by atoms with E-state index in [4.69, 9.17) is 35.4 Å². The van der Waals surface area contributed by atoms with Crippen LogP contribution in [0.25, 0.3) is 0 Å². The van der Waals surface area contributed by atoms with E-state index in [1.807, 2.05) is 12.1 Å². The van der Waals surface area contributed by atoms with Crippen LogP contribution in [0.2, 0.25) is 10.0 Å². The molecule has 0 spiro atoms. The van der Waals surface area contributed by atoms with E-state index in [-0.39, 0.29) is 0 Å². The predicted octanol–water partition coefficient (Wildman–Crippen LogP) is 4.07. The van der Waals surface area contributed by atoms with Gasteiger partial charge in [-0.15, -0.1) is 0 Å². The van der Waals surface area contributed by atoms with Gasteiger partial charge in [0.15, 0.2) is 0 Å². The number of rotatable bonds is 2. The second kappa shape index (κ2) is 5.76. The maximum Gasteiger partial charge on any atom is 0.143 e. The van der Waals surface area contributed by atoms with Crippen molar-refractivity contribution < 1.29 is 0 Å². The van der Waals surface area contributed by atoms with Crippen molar-refractivity contribution in [2.24, 2.45) is 0 Å². The molecule has 92 valence electrons. The molecule has 1 fully saturated rings. The first-order valence-electron chi connectivity index (χ1n) is 5.23.